The summed E-state index contributed by atoms with van der Waals surface area (Å²) in [5.74, 6) is 1.12. The van der Waals surface area contributed by atoms with E-state index in [2.05, 4.69) is 15.5 Å². The quantitative estimate of drug-likeness (QED) is 0.692. The maximum absolute atomic E-state index is 12.8. The molecule has 0 radical (unpaired) electrons. The van der Waals surface area contributed by atoms with E-state index in [0.717, 1.165) is 16.8 Å². The number of benzene rings is 2. The maximum atomic E-state index is 12.8. The fourth-order valence-corrected chi connectivity index (χ4v) is 3.69. The number of anilines is 1. The molecule has 7 heteroatoms. The summed E-state index contributed by atoms with van der Waals surface area (Å²) in [6.45, 7) is 7.64. The van der Waals surface area contributed by atoms with E-state index in [1.807, 2.05) is 74.2 Å². The van der Waals surface area contributed by atoms with Crippen molar-refractivity contribution in [3.8, 4) is 11.4 Å². The Labute approximate surface area is 176 Å². The zero-order valence-corrected chi connectivity index (χ0v) is 17.5. The van der Waals surface area contributed by atoms with Gasteiger partial charge in [0.05, 0.1) is 18.8 Å². The van der Waals surface area contributed by atoms with E-state index in [9.17, 15) is 4.79 Å². The van der Waals surface area contributed by atoms with Gasteiger partial charge in [-0.2, -0.15) is 4.98 Å². The predicted octanol–water partition coefficient (Wildman–Crippen LogP) is 3.91. The highest BCUT2D eigenvalue weighted by Crippen LogP contribution is 2.20. The number of carbonyl (C=O) groups is 1. The first-order chi connectivity index (χ1) is 14.5. The predicted molar refractivity (Wildman–Crippen MR) is 114 cm³/mol. The van der Waals surface area contributed by atoms with Crippen LogP contribution < -0.4 is 5.32 Å². The van der Waals surface area contributed by atoms with Crippen molar-refractivity contribution in [3.63, 3.8) is 0 Å². The molecule has 3 aromatic rings. The van der Waals surface area contributed by atoms with Crippen molar-refractivity contribution < 1.29 is 14.1 Å². The third-order valence-electron chi connectivity index (χ3n) is 5.14. The summed E-state index contributed by atoms with van der Waals surface area (Å²) in [6, 6.07) is 15.4. The van der Waals surface area contributed by atoms with Gasteiger partial charge in [-0.25, -0.2) is 0 Å². The molecule has 1 N–H and O–H groups in total. The molecule has 1 aliphatic heterocycles. The van der Waals surface area contributed by atoms with Crippen LogP contribution in [0.2, 0.25) is 0 Å². The summed E-state index contributed by atoms with van der Waals surface area (Å²) < 4.78 is 11.1. The van der Waals surface area contributed by atoms with E-state index in [4.69, 9.17) is 9.26 Å². The highest BCUT2D eigenvalue weighted by atomic mass is 16.5. The molecule has 1 saturated heterocycles. The van der Waals surface area contributed by atoms with Gasteiger partial charge in [-0.3, -0.25) is 4.79 Å². The lowest BCUT2D eigenvalue weighted by molar-refractivity contribution is -0.0586. The van der Waals surface area contributed by atoms with Crippen molar-refractivity contribution in [1.29, 1.82) is 0 Å². The number of aromatic nitrogens is 2. The van der Waals surface area contributed by atoms with Gasteiger partial charge < -0.3 is 19.5 Å². The monoisotopic (exact) mass is 406 g/mol. The largest absolute Gasteiger partial charge is 0.376 e. The SMILES string of the molecule is Cc1ccccc1-c1noc(CNc2ccc(C(=O)N3C[C@@H](C)O[C@@H](C)C3)cc2)n1. The Morgan fingerprint density at radius 3 is 2.50 bits per heavy atom. The molecule has 156 valence electrons. The van der Waals surface area contributed by atoms with Crippen molar-refractivity contribution in [1.82, 2.24) is 15.0 Å². The second-order valence-electron chi connectivity index (χ2n) is 7.73. The van der Waals surface area contributed by atoms with Crippen LogP contribution >= 0.6 is 0 Å². The van der Waals surface area contributed by atoms with E-state index in [1.165, 1.54) is 0 Å². The molecule has 1 aromatic heterocycles. The van der Waals surface area contributed by atoms with Crippen molar-refractivity contribution in [2.75, 3.05) is 18.4 Å². The van der Waals surface area contributed by atoms with Crippen LogP contribution in [0.15, 0.2) is 53.1 Å². The van der Waals surface area contributed by atoms with Crippen LogP contribution in [0.3, 0.4) is 0 Å². The van der Waals surface area contributed by atoms with Crippen molar-refractivity contribution >= 4 is 11.6 Å². The zero-order chi connectivity index (χ0) is 21.1. The number of hydrogen-bond acceptors (Lipinski definition) is 6. The summed E-state index contributed by atoms with van der Waals surface area (Å²) in [6.07, 6.45) is 0.107. The third-order valence-corrected chi connectivity index (χ3v) is 5.14. The fourth-order valence-electron chi connectivity index (χ4n) is 3.69. The van der Waals surface area contributed by atoms with Crippen molar-refractivity contribution in [3.05, 3.63) is 65.5 Å². The number of nitrogens with one attached hydrogen (secondary N) is 1. The van der Waals surface area contributed by atoms with Gasteiger partial charge in [0.2, 0.25) is 11.7 Å². The lowest BCUT2D eigenvalue weighted by Gasteiger charge is -2.35. The van der Waals surface area contributed by atoms with Gasteiger partial charge in [0.25, 0.3) is 5.91 Å². The molecule has 1 amide bonds. The highest BCUT2D eigenvalue weighted by molar-refractivity contribution is 5.94. The first kappa shape index (κ1) is 20.1. The van der Waals surface area contributed by atoms with Crippen LogP contribution in [-0.2, 0) is 11.3 Å². The minimum Gasteiger partial charge on any atom is -0.376 e. The summed E-state index contributed by atoms with van der Waals surface area (Å²) in [5.41, 5.74) is 3.61. The minimum absolute atomic E-state index is 0.0309. The molecule has 0 saturated carbocycles. The number of ether oxygens (including phenoxy) is 1. The molecule has 0 bridgehead atoms. The molecule has 1 fully saturated rings. The van der Waals surface area contributed by atoms with Gasteiger partial charge in [0.1, 0.15) is 0 Å². The van der Waals surface area contributed by atoms with Crippen LogP contribution in [0, 0.1) is 6.92 Å². The van der Waals surface area contributed by atoms with Gasteiger partial charge in [0.15, 0.2) is 0 Å². The smallest absolute Gasteiger partial charge is 0.254 e. The normalized spacial score (nSPS) is 19.0. The van der Waals surface area contributed by atoms with E-state index in [-0.39, 0.29) is 18.1 Å². The summed E-state index contributed by atoms with van der Waals surface area (Å²) in [4.78, 5) is 19.1. The zero-order valence-electron chi connectivity index (χ0n) is 17.5. The van der Waals surface area contributed by atoms with Crippen LogP contribution in [0.5, 0.6) is 0 Å². The number of morpholine rings is 1. The number of nitrogens with zero attached hydrogens (tertiary/aromatic N) is 3. The Hall–Kier alpha value is -3.19. The molecule has 4 rings (SSSR count). The van der Waals surface area contributed by atoms with Gasteiger partial charge in [-0.1, -0.05) is 29.4 Å². The van der Waals surface area contributed by atoms with Crippen molar-refractivity contribution in [2.45, 2.75) is 39.5 Å². The molecule has 2 heterocycles. The molecule has 0 aliphatic carbocycles. The number of amides is 1. The molecule has 7 nitrogen and oxygen atoms in total. The second-order valence-corrected chi connectivity index (χ2v) is 7.73. The summed E-state index contributed by atoms with van der Waals surface area (Å²) in [7, 11) is 0. The average Bonchev–Trinajstić information content (AvgIpc) is 3.20. The maximum Gasteiger partial charge on any atom is 0.254 e. The lowest BCUT2D eigenvalue weighted by atomic mass is 10.1. The molecule has 0 unspecified atom stereocenters. The van der Waals surface area contributed by atoms with Gasteiger partial charge in [-0.15, -0.1) is 0 Å². The minimum atomic E-state index is 0.0309. The second kappa shape index (κ2) is 8.67. The van der Waals surface area contributed by atoms with Crippen LogP contribution in [0.1, 0.15) is 35.7 Å². The number of hydrogen-bond donors (Lipinski definition) is 1. The number of aryl methyl sites for hydroxylation is 1. The van der Waals surface area contributed by atoms with Gasteiger partial charge in [-0.05, 0) is 50.6 Å². The Bertz CT molecular complexity index is 1010. The molecule has 0 spiro atoms. The number of rotatable bonds is 5. The average molecular weight is 406 g/mol. The Morgan fingerprint density at radius 2 is 1.80 bits per heavy atom. The van der Waals surface area contributed by atoms with E-state index < -0.39 is 0 Å². The van der Waals surface area contributed by atoms with E-state index in [0.29, 0.717) is 36.9 Å². The topological polar surface area (TPSA) is 80.5 Å². The molecule has 2 aromatic carbocycles. The molecule has 2 atom stereocenters. The first-order valence-corrected chi connectivity index (χ1v) is 10.2. The van der Waals surface area contributed by atoms with Crippen molar-refractivity contribution in [2.24, 2.45) is 0 Å². The van der Waals surface area contributed by atoms with Crippen LogP contribution in [-0.4, -0.2) is 46.2 Å². The Morgan fingerprint density at radius 1 is 1.10 bits per heavy atom. The molecular formula is C23H26N4O3. The fraction of sp³-hybridized carbons (Fsp3) is 0.348. The van der Waals surface area contributed by atoms with E-state index >= 15 is 0 Å². The summed E-state index contributed by atoms with van der Waals surface area (Å²) >= 11 is 0. The highest BCUT2D eigenvalue weighted by Gasteiger charge is 2.26. The molecular weight excluding hydrogens is 380 g/mol. The van der Waals surface area contributed by atoms with Gasteiger partial charge >= 0.3 is 0 Å². The van der Waals surface area contributed by atoms with Crippen LogP contribution in [0.4, 0.5) is 5.69 Å². The standard InChI is InChI=1S/C23H26N4O3/c1-15-6-4-5-7-20(15)22-25-21(30-26-22)12-24-19-10-8-18(9-11-19)23(28)27-13-16(2)29-17(3)14-27/h4-11,16-17,24H,12-14H2,1-3H3/t16-,17+. The van der Waals surface area contributed by atoms with Gasteiger partial charge in [0, 0.05) is 29.9 Å². The summed E-state index contributed by atoms with van der Waals surface area (Å²) in [5, 5.41) is 7.33. The molecule has 30 heavy (non-hydrogen) atoms. The van der Waals surface area contributed by atoms with Crippen LogP contribution in [0.25, 0.3) is 11.4 Å². The Balaban J connectivity index is 1.36. The number of carbonyl (C=O) groups excluding carboxylic acids is 1. The first-order valence-electron chi connectivity index (χ1n) is 10.2. The lowest BCUT2D eigenvalue weighted by Crippen LogP contribution is -2.48. The molecule has 1 aliphatic rings. The third kappa shape index (κ3) is 4.52. The van der Waals surface area contributed by atoms with E-state index in [1.54, 1.807) is 0 Å². The Kier molecular flexibility index (Phi) is 5.81.